The summed E-state index contributed by atoms with van der Waals surface area (Å²) in [7, 11) is 3.05. The molecule has 0 saturated carbocycles. The van der Waals surface area contributed by atoms with Crippen LogP contribution >= 0.6 is 27.3 Å². The van der Waals surface area contributed by atoms with Crippen LogP contribution in [0.2, 0.25) is 0 Å². The fourth-order valence-electron chi connectivity index (χ4n) is 4.47. The van der Waals surface area contributed by atoms with Gasteiger partial charge in [0.2, 0.25) is 0 Å². The maximum atomic E-state index is 14.0. The van der Waals surface area contributed by atoms with Gasteiger partial charge < -0.3 is 23.7 Å². The Bertz CT molecular complexity index is 1720. The topological polar surface area (TPSA) is 115 Å². The Morgan fingerprint density at radius 3 is 2.49 bits per heavy atom. The van der Waals surface area contributed by atoms with Gasteiger partial charge in [-0.2, -0.15) is 0 Å². The monoisotopic (exact) mass is 644 g/mol. The Balaban J connectivity index is 1.97. The van der Waals surface area contributed by atoms with Crippen molar-refractivity contribution in [1.29, 1.82) is 0 Å². The van der Waals surface area contributed by atoms with E-state index in [4.69, 9.17) is 23.7 Å². The summed E-state index contributed by atoms with van der Waals surface area (Å²) in [6, 6.07) is 7.71. The molecule has 0 fully saturated rings. The maximum Gasteiger partial charge on any atom is 0.338 e. The zero-order valence-electron chi connectivity index (χ0n) is 23.4. The standard InChI is InChI=1S/C29H29BrN2O8S/c1-7-38-22-12-17(11-20(30)26(22)40-16(4)33)13-23-27(34)32-25(19-14-18(36-5)9-10-21(19)37-6)24(28(35)39-8-2)15(3)31-29(32)41-23/h9-14,25H,7-8H2,1-6H3/b23-13-/t25-/m1/s1. The SMILES string of the molecule is CCOC(=O)C1=C(C)N=c2s/c(=C\c3cc(Br)c(OC(C)=O)c(OCC)c3)c(=O)n2[C@@H]1c1cc(OC)ccc1OC. The van der Waals surface area contributed by atoms with Crippen LogP contribution in [0.4, 0.5) is 0 Å². The van der Waals surface area contributed by atoms with Gasteiger partial charge in [0, 0.05) is 12.5 Å². The lowest BCUT2D eigenvalue weighted by atomic mass is 9.94. The number of hydrogen-bond donors (Lipinski definition) is 0. The number of aromatic nitrogens is 1. The highest BCUT2D eigenvalue weighted by atomic mass is 79.9. The van der Waals surface area contributed by atoms with Gasteiger partial charge in [0.15, 0.2) is 16.3 Å². The molecule has 1 aliphatic heterocycles. The molecule has 0 N–H and O–H groups in total. The van der Waals surface area contributed by atoms with Crippen molar-refractivity contribution in [2.24, 2.45) is 4.99 Å². The molecule has 0 unspecified atom stereocenters. The Kier molecular flexibility index (Phi) is 9.34. The number of halogens is 1. The van der Waals surface area contributed by atoms with Crippen LogP contribution in [0, 0.1) is 0 Å². The number of nitrogens with zero attached hydrogens (tertiary/aromatic N) is 2. The van der Waals surface area contributed by atoms with Crippen LogP contribution in [-0.4, -0.2) is 43.9 Å². The maximum absolute atomic E-state index is 14.0. The van der Waals surface area contributed by atoms with Gasteiger partial charge >= 0.3 is 11.9 Å². The van der Waals surface area contributed by atoms with Gasteiger partial charge in [0.25, 0.3) is 5.56 Å². The number of carbonyl (C=O) groups is 2. The van der Waals surface area contributed by atoms with Gasteiger partial charge in [0.05, 0.1) is 47.7 Å². The molecule has 216 valence electrons. The predicted octanol–water partition coefficient (Wildman–Crippen LogP) is 3.90. The van der Waals surface area contributed by atoms with E-state index in [1.165, 1.54) is 37.0 Å². The molecule has 0 aliphatic carbocycles. The first-order valence-corrected chi connectivity index (χ1v) is 14.3. The third-order valence-corrected chi connectivity index (χ3v) is 7.70. The van der Waals surface area contributed by atoms with E-state index in [1.807, 2.05) is 6.92 Å². The zero-order valence-corrected chi connectivity index (χ0v) is 25.8. The minimum atomic E-state index is -0.880. The first-order valence-electron chi connectivity index (χ1n) is 12.7. The lowest BCUT2D eigenvalue weighted by Gasteiger charge is -2.26. The van der Waals surface area contributed by atoms with Crippen LogP contribution in [0.25, 0.3) is 6.08 Å². The van der Waals surface area contributed by atoms with E-state index in [0.717, 1.165) is 0 Å². The summed E-state index contributed by atoms with van der Waals surface area (Å²) in [4.78, 5) is 43.9. The number of carbonyl (C=O) groups excluding carboxylic acids is 2. The van der Waals surface area contributed by atoms with Gasteiger partial charge in [-0.1, -0.05) is 11.3 Å². The van der Waals surface area contributed by atoms with Crippen molar-refractivity contribution in [2.45, 2.75) is 33.7 Å². The van der Waals surface area contributed by atoms with E-state index in [-0.39, 0.29) is 23.5 Å². The zero-order chi connectivity index (χ0) is 29.8. The molecular formula is C29H29BrN2O8S. The highest BCUT2D eigenvalue weighted by Gasteiger charge is 2.35. The normalized spacial score (nSPS) is 14.7. The van der Waals surface area contributed by atoms with Crippen molar-refractivity contribution >= 4 is 45.3 Å². The molecule has 2 heterocycles. The second kappa shape index (κ2) is 12.7. The fourth-order valence-corrected chi connectivity index (χ4v) is 6.05. The summed E-state index contributed by atoms with van der Waals surface area (Å²) >= 11 is 4.62. The average Bonchev–Trinajstić information content (AvgIpc) is 3.23. The summed E-state index contributed by atoms with van der Waals surface area (Å²) < 4.78 is 29.8. The van der Waals surface area contributed by atoms with Gasteiger partial charge in [-0.25, -0.2) is 9.79 Å². The van der Waals surface area contributed by atoms with Crippen molar-refractivity contribution in [2.75, 3.05) is 27.4 Å². The van der Waals surface area contributed by atoms with E-state index in [9.17, 15) is 14.4 Å². The smallest absolute Gasteiger partial charge is 0.338 e. The third kappa shape index (κ3) is 6.08. The van der Waals surface area contributed by atoms with Gasteiger partial charge in [0.1, 0.15) is 17.5 Å². The fraction of sp³-hybridized carbons (Fsp3) is 0.310. The number of allylic oxidation sites excluding steroid dienone is 1. The Morgan fingerprint density at radius 1 is 1.10 bits per heavy atom. The largest absolute Gasteiger partial charge is 0.497 e. The van der Waals surface area contributed by atoms with E-state index in [2.05, 4.69) is 20.9 Å². The molecule has 0 spiro atoms. The summed E-state index contributed by atoms with van der Waals surface area (Å²) in [5, 5.41) is 0. The van der Waals surface area contributed by atoms with E-state index in [1.54, 1.807) is 50.3 Å². The molecule has 1 atom stereocenters. The number of rotatable bonds is 9. The van der Waals surface area contributed by atoms with Crippen molar-refractivity contribution in [3.63, 3.8) is 0 Å². The molecule has 2 aromatic carbocycles. The van der Waals surface area contributed by atoms with Crippen LogP contribution in [0.5, 0.6) is 23.0 Å². The second-order valence-electron chi connectivity index (χ2n) is 8.77. The quantitative estimate of drug-likeness (QED) is 0.254. The minimum absolute atomic E-state index is 0.155. The Hall–Kier alpha value is -3.90. The van der Waals surface area contributed by atoms with Crippen molar-refractivity contribution in [3.05, 3.63) is 76.9 Å². The summed E-state index contributed by atoms with van der Waals surface area (Å²) in [6.07, 6.45) is 1.69. The lowest BCUT2D eigenvalue weighted by molar-refractivity contribution is -0.139. The van der Waals surface area contributed by atoms with Crippen LogP contribution in [0.3, 0.4) is 0 Å². The van der Waals surface area contributed by atoms with Gasteiger partial charge in [-0.05, 0) is 78.7 Å². The molecule has 12 heteroatoms. The molecule has 3 aromatic rings. The highest BCUT2D eigenvalue weighted by molar-refractivity contribution is 9.10. The van der Waals surface area contributed by atoms with Crippen molar-refractivity contribution < 1.29 is 33.3 Å². The van der Waals surface area contributed by atoms with Crippen molar-refractivity contribution in [3.8, 4) is 23.0 Å². The number of methoxy groups -OCH3 is 2. The van der Waals surface area contributed by atoms with Crippen LogP contribution in [-0.2, 0) is 14.3 Å². The molecule has 10 nitrogen and oxygen atoms in total. The molecule has 0 bridgehead atoms. The highest BCUT2D eigenvalue weighted by Crippen LogP contribution is 2.39. The number of hydrogen-bond acceptors (Lipinski definition) is 10. The van der Waals surface area contributed by atoms with Crippen molar-refractivity contribution in [1.82, 2.24) is 4.57 Å². The molecule has 1 aliphatic rings. The second-order valence-corrected chi connectivity index (χ2v) is 10.6. The Labute approximate surface area is 248 Å². The number of thiazole rings is 1. The van der Waals surface area contributed by atoms with E-state index < -0.39 is 18.0 Å². The van der Waals surface area contributed by atoms with Crippen LogP contribution < -0.4 is 33.8 Å². The number of ether oxygens (including phenoxy) is 5. The van der Waals surface area contributed by atoms with E-state index in [0.29, 0.717) is 54.5 Å². The number of benzene rings is 2. The van der Waals surface area contributed by atoms with E-state index >= 15 is 0 Å². The molecule has 4 rings (SSSR count). The molecule has 41 heavy (non-hydrogen) atoms. The number of esters is 2. The average molecular weight is 646 g/mol. The molecule has 0 saturated heterocycles. The summed E-state index contributed by atoms with van der Waals surface area (Å²) in [5.41, 5.74) is 1.46. The molecule has 0 radical (unpaired) electrons. The van der Waals surface area contributed by atoms with Gasteiger partial charge in [-0.3, -0.25) is 14.2 Å². The first-order chi connectivity index (χ1) is 19.6. The lowest BCUT2D eigenvalue weighted by Crippen LogP contribution is -2.40. The Morgan fingerprint density at radius 2 is 1.85 bits per heavy atom. The number of fused-ring (bicyclic) bond motifs is 1. The van der Waals surface area contributed by atoms with Crippen LogP contribution in [0.15, 0.2) is 55.9 Å². The first kappa shape index (κ1) is 30.1. The predicted molar refractivity (Wildman–Crippen MR) is 157 cm³/mol. The third-order valence-electron chi connectivity index (χ3n) is 6.12. The molecule has 1 aromatic heterocycles. The minimum Gasteiger partial charge on any atom is -0.497 e. The van der Waals surface area contributed by atoms with Crippen LogP contribution in [0.1, 0.15) is 44.9 Å². The molecular weight excluding hydrogens is 616 g/mol. The van der Waals surface area contributed by atoms with Gasteiger partial charge in [-0.15, -0.1) is 0 Å². The molecule has 0 amide bonds. The summed E-state index contributed by atoms with van der Waals surface area (Å²) in [5.74, 6) is 0.515. The summed E-state index contributed by atoms with van der Waals surface area (Å²) in [6.45, 7) is 7.03.